The summed E-state index contributed by atoms with van der Waals surface area (Å²) in [4.78, 5) is 30.6. The third-order valence-corrected chi connectivity index (χ3v) is 3.40. The normalized spacial score (nSPS) is 10.9. The summed E-state index contributed by atoms with van der Waals surface area (Å²) < 4.78 is 5.35. The summed E-state index contributed by atoms with van der Waals surface area (Å²) >= 11 is 0. The van der Waals surface area contributed by atoms with Crippen molar-refractivity contribution in [2.24, 2.45) is 5.10 Å². The predicted octanol–water partition coefficient (Wildman–Crippen LogP) is 2.09. The van der Waals surface area contributed by atoms with Crippen molar-refractivity contribution in [3.05, 3.63) is 70.3 Å². The van der Waals surface area contributed by atoms with Crippen LogP contribution in [0, 0.1) is 0 Å². The van der Waals surface area contributed by atoms with Crippen molar-refractivity contribution in [1.82, 2.24) is 15.4 Å². The number of amides is 1. The highest BCUT2D eigenvalue weighted by molar-refractivity contribution is 5.93. The van der Waals surface area contributed by atoms with Gasteiger partial charge in [-0.3, -0.25) is 9.59 Å². The number of nitrogens with one attached hydrogen (secondary N) is 2. The first-order chi connectivity index (χ1) is 12.2. The highest BCUT2D eigenvalue weighted by atomic mass is 16.5. The van der Waals surface area contributed by atoms with E-state index in [1.807, 2.05) is 31.2 Å². The molecule has 0 aliphatic heterocycles. The molecule has 0 saturated carbocycles. The van der Waals surface area contributed by atoms with Gasteiger partial charge in [0.2, 0.25) is 5.82 Å². The number of fused-ring (bicyclic) bond motifs is 1. The van der Waals surface area contributed by atoms with Crippen LogP contribution in [0.25, 0.3) is 10.9 Å². The Bertz CT molecular complexity index is 978. The third kappa shape index (κ3) is 3.89. The number of carbonyl (C=O) groups is 1. The van der Waals surface area contributed by atoms with E-state index in [1.165, 1.54) is 6.21 Å². The van der Waals surface area contributed by atoms with E-state index in [4.69, 9.17) is 4.74 Å². The van der Waals surface area contributed by atoms with Crippen LogP contribution in [0.4, 0.5) is 0 Å². The molecule has 7 nitrogen and oxygen atoms in total. The molecule has 0 bridgehead atoms. The fraction of sp³-hybridized carbons (Fsp3) is 0.111. The molecule has 0 fully saturated rings. The number of nitrogens with zero attached hydrogens (tertiary/aromatic N) is 2. The molecule has 0 unspecified atom stereocenters. The van der Waals surface area contributed by atoms with Crippen molar-refractivity contribution in [2.75, 3.05) is 6.61 Å². The molecule has 1 aromatic heterocycles. The van der Waals surface area contributed by atoms with Gasteiger partial charge in [-0.1, -0.05) is 12.1 Å². The molecule has 0 atom stereocenters. The number of para-hydroxylation sites is 1. The molecular weight excluding hydrogens is 320 g/mol. The Morgan fingerprint density at radius 3 is 2.76 bits per heavy atom. The van der Waals surface area contributed by atoms with Crippen molar-refractivity contribution in [3.63, 3.8) is 0 Å². The lowest BCUT2D eigenvalue weighted by Crippen LogP contribution is -2.24. The second-order valence-corrected chi connectivity index (χ2v) is 5.13. The van der Waals surface area contributed by atoms with E-state index in [9.17, 15) is 9.59 Å². The number of carbonyl (C=O) groups excluding carboxylic acids is 1. The largest absolute Gasteiger partial charge is 0.494 e. The number of aromatic amines is 1. The maximum Gasteiger partial charge on any atom is 0.307 e. The van der Waals surface area contributed by atoms with E-state index in [2.05, 4.69) is 20.5 Å². The standard InChI is InChI=1S/C18H16N4O3/c1-2-25-13-9-7-12(8-10-13)11-19-22-18(24)16-20-15-6-4-3-5-14(15)17(23)21-16/h3-11H,2H2,1H3,(H,22,24)(H,20,21,23)/b19-11+. The zero-order valence-corrected chi connectivity index (χ0v) is 13.5. The van der Waals surface area contributed by atoms with Gasteiger partial charge in [0.15, 0.2) is 0 Å². The van der Waals surface area contributed by atoms with E-state index in [1.54, 1.807) is 24.3 Å². The maximum atomic E-state index is 12.1. The number of hydrogen-bond donors (Lipinski definition) is 2. The molecule has 2 aromatic carbocycles. The Morgan fingerprint density at radius 2 is 2.00 bits per heavy atom. The van der Waals surface area contributed by atoms with Gasteiger partial charge in [-0.05, 0) is 48.9 Å². The Labute approximate surface area is 143 Å². The van der Waals surface area contributed by atoms with Gasteiger partial charge in [0.25, 0.3) is 5.56 Å². The quantitative estimate of drug-likeness (QED) is 0.551. The average Bonchev–Trinajstić information content (AvgIpc) is 2.63. The molecule has 0 saturated heterocycles. The average molecular weight is 336 g/mol. The molecule has 1 amide bonds. The second-order valence-electron chi connectivity index (χ2n) is 5.13. The fourth-order valence-electron chi connectivity index (χ4n) is 2.23. The Morgan fingerprint density at radius 1 is 1.24 bits per heavy atom. The second kappa shape index (κ2) is 7.39. The first kappa shape index (κ1) is 16.4. The fourth-order valence-corrected chi connectivity index (χ4v) is 2.23. The molecule has 3 rings (SSSR count). The number of hydrogen-bond acceptors (Lipinski definition) is 5. The molecule has 0 aliphatic carbocycles. The van der Waals surface area contributed by atoms with Gasteiger partial charge in [-0.2, -0.15) is 5.10 Å². The molecule has 3 aromatic rings. The van der Waals surface area contributed by atoms with Crippen molar-refractivity contribution in [2.45, 2.75) is 6.92 Å². The van der Waals surface area contributed by atoms with Crippen LogP contribution in [0.5, 0.6) is 5.75 Å². The van der Waals surface area contributed by atoms with Gasteiger partial charge in [-0.15, -0.1) is 0 Å². The molecule has 1 heterocycles. The van der Waals surface area contributed by atoms with E-state index < -0.39 is 5.91 Å². The molecule has 0 aliphatic rings. The Kier molecular flexibility index (Phi) is 4.84. The van der Waals surface area contributed by atoms with Crippen LogP contribution in [0.3, 0.4) is 0 Å². The summed E-state index contributed by atoms with van der Waals surface area (Å²) in [5, 5.41) is 4.30. The topological polar surface area (TPSA) is 96.4 Å². The van der Waals surface area contributed by atoms with Crippen LogP contribution in [0.2, 0.25) is 0 Å². The molecule has 126 valence electrons. The van der Waals surface area contributed by atoms with Crippen LogP contribution < -0.4 is 15.7 Å². The van der Waals surface area contributed by atoms with Gasteiger partial charge < -0.3 is 9.72 Å². The summed E-state index contributed by atoms with van der Waals surface area (Å²) in [6.07, 6.45) is 1.49. The van der Waals surface area contributed by atoms with Gasteiger partial charge >= 0.3 is 5.91 Å². The molecule has 7 heteroatoms. The van der Waals surface area contributed by atoms with Gasteiger partial charge in [0, 0.05) is 0 Å². The van der Waals surface area contributed by atoms with Crippen LogP contribution in [0.1, 0.15) is 23.1 Å². The zero-order valence-electron chi connectivity index (χ0n) is 13.5. The van der Waals surface area contributed by atoms with Crippen molar-refractivity contribution in [1.29, 1.82) is 0 Å². The number of ether oxygens (including phenoxy) is 1. The van der Waals surface area contributed by atoms with Gasteiger partial charge in [0.05, 0.1) is 23.7 Å². The van der Waals surface area contributed by atoms with Crippen LogP contribution in [0.15, 0.2) is 58.4 Å². The van der Waals surface area contributed by atoms with E-state index in [0.717, 1.165) is 11.3 Å². The summed E-state index contributed by atoms with van der Waals surface area (Å²) in [5.74, 6) is 0.0826. The summed E-state index contributed by atoms with van der Waals surface area (Å²) in [6.45, 7) is 2.51. The number of hydrazone groups is 1. The highest BCUT2D eigenvalue weighted by Crippen LogP contribution is 2.10. The number of H-pyrrole nitrogens is 1. The molecular formula is C18H16N4O3. The lowest BCUT2D eigenvalue weighted by Gasteiger charge is -2.03. The molecule has 0 spiro atoms. The van der Waals surface area contributed by atoms with Gasteiger partial charge in [0.1, 0.15) is 5.75 Å². The lowest BCUT2D eigenvalue weighted by atomic mass is 10.2. The van der Waals surface area contributed by atoms with Crippen LogP contribution in [-0.2, 0) is 0 Å². The van der Waals surface area contributed by atoms with E-state index >= 15 is 0 Å². The number of rotatable bonds is 5. The number of aromatic nitrogens is 2. The van der Waals surface area contributed by atoms with E-state index in [0.29, 0.717) is 17.5 Å². The minimum atomic E-state index is -0.593. The smallest absolute Gasteiger partial charge is 0.307 e. The molecule has 0 radical (unpaired) electrons. The zero-order chi connectivity index (χ0) is 17.6. The lowest BCUT2D eigenvalue weighted by molar-refractivity contribution is 0.0945. The summed E-state index contributed by atoms with van der Waals surface area (Å²) in [6, 6.07) is 14.1. The Balaban J connectivity index is 1.71. The Hall–Kier alpha value is -3.48. The SMILES string of the molecule is CCOc1ccc(/C=N/NC(=O)c2nc3ccccc3c(=O)[nH]2)cc1. The predicted molar refractivity (Wildman–Crippen MR) is 95.0 cm³/mol. The molecule has 25 heavy (non-hydrogen) atoms. The van der Waals surface area contributed by atoms with Crippen molar-refractivity contribution >= 4 is 23.0 Å². The van der Waals surface area contributed by atoms with Crippen LogP contribution in [-0.4, -0.2) is 28.7 Å². The van der Waals surface area contributed by atoms with Crippen molar-refractivity contribution in [3.8, 4) is 5.75 Å². The molecule has 2 N–H and O–H groups in total. The highest BCUT2D eigenvalue weighted by Gasteiger charge is 2.10. The first-order valence-electron chi connectivity index (χ1n) is 7.72. The van der Waals surface area contributed by atoms with Crippen molar-refractivity contribution < 1.29 is 9.53 Å². The summed E-state index contributed by atoms with van der Waals surface area (Å²) in [5.41, 5.74) is 3.22. The number of benzene rings is 2. The summed E-state index contributed by atoms with van der Waals surface area (Å²) in [7, 11) is 0. The van der Waals surface area contributed by atoms with E-state index in [-0.39, 0.29) is 11.4 Å². The van der Waals surface area contributed by atoms with Crippen LogP contribution >= 0.6 is 0 Å². The maximum absolute atomic E-state index is 12.1. The monoisotopic (exact) mass is 336 g/mol. The minimum Gasteiger partial charge on any atom is -0.494 e. The van der Waals surface area contributed by atoms with Gasteiger partial charge in [-0.25, -0.2) is 10.4 Å². The minimum absolute atomic E-state index is 0.0902. The third-order valence-electron chi connectivity index (χ3n) is 3.40. The first-order valence-corrected chi connectivity index (χ1v) is 7.72.